The van der Waals surface area contributed by atoms with E-state index in [2.05, 4.69) is 30.4 Å². The van der Waals surface area contributed by atoms with Crippen LogP contribution in [-0.4, -0.2) is 36.6 Å². The third-order valence-electron chi connectivity index (χ3n) is 3.74. The van der Waals surface area contributed by atoms with Gasteiger partial charge in [-0.1, -0.05) is 12.1 Å². The summed E-state index contributed by atoms with van der Waals surface area (Å²) in [5.74, 6) is 0.0848. The first-order valence-corrected chi connectivity index (χ1v) is 7.23. The molecule has 0 radical (unpaired) electrons. The largest absolute Gasteiger partial charge is 0.382 e. The Hall–Kier alpha value is -1.55. The highest BCUT2D eigenvalue weighted by Gasteiger charge is 2.19. The maximum absolute atomic E-state index is 11.3. The molecule has 1 amide bonds. The Morgan fingerprint density at radius 1 is 1.50 bits per heavy atom. The molecule has 4 heteroatoms. The lowest BCUT2D eigenvalue weighted by Gasteiger charge is -2.29. The van der Waals surface area contributed by atoms with Crippen molar-refractivity contribution in [1.29, 1.82) is 0 Å². The zero-order valence-corrected chi connectivity index (χ0v) is 12.6. The Morgan fingerprint density at radius 3 is 3.00 bits per heavy atom. The number of nitrogens with zero attached hydrogens (tertiary/aromatic N) is 1. The minimum absolute atomic E-state index is 0.0848. The summed E-state index contributed by atoms with van der Waals surface area (Å²) in [6, 6.07) is 8.77. The number of benzene rings is 1. The summed E-state index contributed by atoms with van der Waals surface area (Å²) >= 11 is 0. The molecule has 1 aromatic carbocycles. The van der Waals surface area contributed by atoms with Crippen molar-refractivity contribution >= 4 is 11.6 Å². The van der Waals surface area contributed by atoms with E-state index in [1.54, 1.807) is 11.8 Å². The molecule has 1 heterocycles. The molecule has 1 aliphatic heterocycles. The number of carbonyl (C=O) groups is 1. The predicted molar refractivity (Wildman–Crippen MR) is 80.6 cm³/mol. The zero-order chi connectivity index (χ0) is 14.5. The van der Waals surface area contributed by atoms with Gasteiger partial charge >= 0.3 is 0 Å². The van der Waals surface area contributed by atoms with Crippen LogP contribution in [0.15, 0.2) is 24.3 Å². The SMILES string of the molecule is CC(=O)N(C)Cc1cccc(NC2CCOC(C)C2)c1. The van der Waals surface area contributed by atoms with Gasteiger partial charge in [-0.15, -0.1) is 0 Å². The van der Waals surface area contributed by atoms with Crippen molar-refractivity contribution in [3.63, 3.8) is 0 Å². The van der Waals surface area contributed by atoms with Crippen molar-refractivity contribution < 1.29 is 9.53 Å². The van der Waals surface area contributed by atoms with E-state index in [0.29, 0.717) is 18.7 Å². The van der Waals surface area contributed by atoms with Crippen molar-refractivity contribution in [2.75, 3.05) is 19.0 Å². The Kier molecular flexibility index (Phi) is 5.01. The van der Waals surface area contributed by atoms with Crippen LogP contribution in [0.2, 0.25) is 0 Å². The first-order valence-electron chi connectivity index (χ1n) is 7.23. The van der Waals surface area contributed by atoms with Gasteiger partial charge in [0.05, 0.1) is 6.10 Å². The average Bonchev–Trinajstić information content (AvgIpc) is 2.39. The van der Waals surface area contributed by atoms with Crippen LogP contribution in [0.5, 0.6) is 0 Å². The highest BCUT2D eigenvalue weighted by atomic mass is 16.5. The van der Waals surface area contributed by atoms with E-state index in [0.717, 1.165) is 30.7 Å². The molecule has 1 saturated heterocycles. The zero-order valence-electron chi connectivity index (χ0n) is 12.6. The number of hydrogen-bond acceptors (Lipinski definition) is 3. The highest BCUT2D eigenvalue weighted by Crippen LogP contribution is 2.20. The van der Waals surface area contributed by atoms with Gasteiger partial charge in [0.2, 0.25) is 5.91 Å². The summed E-state index contributed by atoms with van der Waals surface area (Å²) in [7, 11) is 1.82. The van der Waals surface area contributed by atoms with E-state index in [1.165, 1.54) is 0 Å². The Balaban J connectivity index is 1.97. The smallest absolute Gasteiger partial charge is 0.219 e. The van der Waals surface area contributed by atoms with Gasteiger partial charge in [-0.25, -0.2) is 0 Å². The van der Waals surface area contributed by atoms with Crippen LogP contribution in [0.4, 0.5) is 5.69 Å². The number of amides is 1. The fraction of sp³-hybridized carbons (Fsp3) is 0.562. The van der Waals surface area contributed by atoms with E-state index >= 15 is 0 Å². The Morgan fingerprint density at radius 2 is 2.30 bits per heavy atom. The lowest BCUT2D eigenvalue weighted by atomic mass is 10.0. The fourth-order valence-electron chi connectivity index (χ4n) is 2.51. The molecule has 1 fully saturated rings. The lowest BCUT2D eigenvalue weighted by Crippen LogP contribution is -2.32. The number of ether oxygens (including phenoxy) is 1. The van der Waals surface area contributed by atoms with Gasteiger partial charge in [-0.2, -0.15) is 0 Å². The van der Waals surface area contributed by atoms with Crippen molar-refractivity contribution in [3.8, 4) is 0 Å². The molecule has 0 aromatic heterocycles. The van der Waals surface area contributed by atoms with Crippen LogP contribution >= 0.6 is 0 Å². The molecule has 4 nitrogen and oxygen atoms in total. The van der Waals surface area contributed by atoms with Crippen LogP contribution in [0.25, 0.3) is 0 Å². The minimum atomic E-state index is 0.0848. The molecular weight excluding hydrogens is 252 g/mol. The second kappa shape index (κ2) is 6.75. The summed E-state index contributed by atoms with van der Waals surface area (Å²) in [5.41, 5.74) is 2.27. The number of anilines is 1. The Bertz CT molecular complexity index is 462. The molecular formula is C16H24N2O2. The molecule has 0 bridgehead atoms. The maximum Gasteiger partial charge on any atom is 0.219 e. The molecule has 2 atom stereocenters. The van der Waals surface area contributed by atoms with Crippen LogP contribution < -0.4 is 5.32 Å². The van der Waals surface area contributed by atoms with E-state index in [-0.39, 0.29) is 5.91 Å². The minimum Gasteiger partial charge on any atom is -0.382 e. The van der Waals surface area contributed by atoms with Crippen molar-refractivity contribution in [2.45, 2.75) is 45.4 Å². The van der Waals surface area contributed by atoms with E-state index in [4.69, 9.17) is 4.74 Å². The summed E-state index contributed by atoms with van der Waals surface area (Å²) in [6.45, 7) is 5.18. The quantitative estimate of drug-likeness (QED) is 0.919. The Labute approximate surface area is 121 Å². The molecule has 0 spiro atoms. The number of rotatable bonds is 4. The standard InChI is InChI=1S/C16H24N2O2/c1-12-9-16(7-8-20-12)17-15-6-4-5-14(10-15)11-18(3)13(2)19/h4-6,10,12,16-17H,7-9,11H2,1-3H3. The van der Waals surface area contributed by atoms with Crippen LogP contribution in [-0.2, 0) is 16.1 Å². The molecule has 2 rings (SSSR count). The van der Waals surface area contributed by atoms with E-state index in [1.807, 2.05) is 13.1 Å². The monoisotopic (exact) mass is 276 g/mol. The van der Waals surface area contributed by atoms with Crippen LogP contribution in [0.1, 0.15) is 32.3 Å². The van der Waals surface area contributed by atoms with Gasteiger partial charge in [-0.3, -0.25) is 4.79 Å². The molecule has 0 aliphatic carbocycles. The van der Waals surface area contributed by atoms with Gasteiger partial charge in [0, 0.05) is 38.9 Å². The second-order valence-electron chi connectivity index (χ2n) is 5.62. The maximum atomic E-state index is 11.3. The fourth-order valence-corrected chi connectivity index (χ4v) is 2.51. The molecule has 2 unspecified atom stereocenters. The summed E-state index contributed by atoms with van der Waals surface area (Å²) < 4.78 is 5.56. The third kappa shape index (κ3) is 4.23. The molecule has 0 saturated carbocycles. The number of nitrogens with one attached hydrogen (secondary N) is 1. The van der Waals surface area contributed by atoms with Gasteiger partial charge in [0.1, 0.15) is 0 Å². The topological polar surface area (TPSA) is 41.6 Å². The molecule has 1 aromatic rings. The van der Waals surface area contributed by atoms with Crippen molar-refractivity contribution in [2.24, 2.45) is 0 Å². The number of carbonyl (C=O) groups excluding carboxylic acids is 1. The normalized spacial score (nSPS) is 22.4. The first-order chi connectivity index (χ1) is 9.54. The molecule has 20 heavy (non-hydrogen) atoms. The lowest BCUT2D eigenvalue weighted by molar-refractivity contribution is -0.128. The first kappa shape index (κ1) is 14.9. The predicted octanol–water partition coefficient (Wildman–Crippen LogP) is 2.64. The summed E-state index contributed by atoms with van der Waals surface area (Å²) in [6.07, 6.45) is 2.41. The van der Waals surface area contributed by atoms with Gasteiger partial charge < -0.3 is 15.0 Å². The second-order valence-corrected chi connectivity index (χ2v) is 5.62. The number of hydrogen-bond donors (Lipinski definition) is 1. The molecule has 1 N–H and O–H groups in total. The van der Waals surface area contributed by atoms with Crippen molar-refractivity contribution in [1.82, 2.24) is 4.90 Å². The summed E-state index contributed by atoms with van der Waals surface area (Å²) in [5, 5.41) is 3.57. The van der Waals surface area contributed by atoms with Gasteiger partial charge in [0.25, 0.3) is 0 Å². The van der Waals surface area contributed by atoms with Gasteiger partial charge in [-0.05, 0) is 37.5 Å². The average molecular weight is 276 g/mol. The van der Waals surface area contributed by atoms with E-state index < -0.39 is 0 Å². The van der Waals surface area contributed by atoms with E-state index in [9.17, 15) is 4.79 Å². The molecule has 1 aliphatic rings. The van der Waals surface area contributed by atoms with Crippen LogP contribution in [0, 0.1) is 0 Å². The van der Waals surface area contributed by atoms with Gasteiger partial charge in [0.15, 0.2) is 0 Å². The summed E-state index contributed by atoms with van der Waals surface area (Å²) in [4.78, 5) is 13.0. The third-order valence-corrected chi connectivity index (χ3v) is 3.74. The van der Waals surface area contributed by atoms with Crippen molar-refractivity contribution in [3.05, 3.63) is 29.8 Å². The highest BCUT2D eigenvalue weighted by molar-refractivity contribution is 5.72. The molecule has 110 valence electrons. The van der Waals surface area contributed by atoms with Crippen LogP contribution in [0.3, 0.4) is 0 Å².